The predicted molar refractivity (Wildman–Crippen MR) is 106 cm³/mol. The van der Waals surface area contributed by atoms with E-state index in [4.69, 9.17) is 16.3 Å². The Morgan fingerprint density at radius 1 is 1.19 bits per heavy atom. The van der Waals surface area contributed by atoms with E-state index in [1.54, 1.807) is 0 Å². The lowest BCUT2D eigenvalue weighted by atomic mass is 9.92. The van der Waals surface area contributed by atoms with Crippen LogP contribution in [0.25, 0.3) is 0 Å². The minimum absolute atomic E-state index is 0.0512. The van der Waals surface area contributed by atoms with Crippen LogP contribution in [0, 0.1) is 13.8 Å². The lowest BCUT2D eigenvalue weighted by molar-refractivity contribution is -0.135. The Morgan fingerprint density at radius 3 is 2.48 bits per heavy atom. The van der Waals surface area contributed by atoms with Gasteiger partial charge in [0.2, 0.25) is 0 Å². The minimum atomic E-state index is -0.0840. The number of rotatable bonds is 5. The molecule has 27 heavy (non-hydrogen) atoms. The van der Waals surface area contributed by atoms with E-state index in [1.165, 1.54) is 0 Å². The topological polar surface area (TPSA) is 46.6 Å². The molecule has 0 aliphatic carbocycles. The molecule has 0 unspecified atom stereocenters. The molecule has 0 saturated carbocycles. The zero-order chi connectivity index (χ0) is 19.4. The molecule has 2 aromatic rings. The van der Waals surface area contributed by atoms with Crippen LogP contribution in [-0.4, -0.2) is 36.5 Å². The Kier molecular flexibility index (Phi) is 6.17. The summed E-state index contributed by atoms with van der Waals surface area (Å²) in [5.74, 6) is 0.0512. The summed E-state index contributed by atoms with van der Waals surface area (Å²) in [6.07, 6.45) is 1.97. The van der Waals surface area contributed by atoms with E-state index < -0.39 is 0 Å². The summed E-state index contributed by atoms with van der Waals surface area (Å²) in [5, 5.41) is 0.705. The molecule has 0 N–H and O–H groups in total. The van der Waals surface area contributed by atoms with Gasteiger partial charge in [-0.3, -0.25) is 9.59 Å². The first kappa shape index (κ1) is 19.4. The Hall–Kier alpha value is -2.33. The van der Waals surface area contributed by atoms with Crippen LogP contribution in [0.4, 0.5) is 0 Å². The zero-order valence-corrected chi connectivity index (χ0v) is 16.5. The number of carbonyl (C=O) groups excluding carboxylic acids is 2. The van der Waals surface area contributed by atoms with Gasteiger partial charge in [-0.25, -0.2) is 0 Å². The molecule has 5 heteroatoms. The van der Waals surface area contributed by atoms with Gasteiger partial charge in [-0.15, -0.1) is 0 Å². The van der Waals surface area contributed by atoms with Crippen LogP contribution in [0.2, 0.25) is 5.02 Å². The van der Waals surface area contributed by atoms with Crippen LogP contribution in [0.5, 0.6) is 0 Å². The van der Waals surface area contributed by atoms with Gasteiger partial charge in [-0.1, -0.05) is 35.4 Å². The first-order chi connectivity index (χ1) is 13.0. The molecular weight excluding hydrogens is 362 g/mol. The number of carbonyl (C=O) groups is 2. The van der Waals surface area contributed by atoms with Crippen LogP contribution < -0.4 is 0 Å². The number of hydrogen-bond donors (Lipinski definition) is 0. The van der Waals surface area contributed by atoms with E-state index in [0.717, 1.165) is 27.8 Å². The number of benzene rings is 2. The number of nitrogens with zero attached hydrogens (tertiary/aromatic N) is 1. The molecule has 2 aromatic carbocycles. The Bertz CT molecular complexity index is 824. The second kappa shape index (κ2) is 8.57. The van der Waals surface area contributed by atoms with E-state index in [9.17, 15) is 9.59 Å². The predicted octanol–water partition coefficient (Wildman–Crippen LogP) is 4.33. The average Bonchev–Trinajstić information content (AvgIpc) is 2.65. The van der Waals surface area contributed by atoms with Crippen molar-refractivity contribution in [2.24, 2.45) is 0 Å². The fourth-order valence-electron chi connectivity index (χ4n) is 3.67. The fourth-order valence-corrected chi connectivity index (χ4v) is 3.80. The van der Waals surface area contributed by atoms with Crippen LogP contribution in [0.15, 0.2) is 36.4 Å². The highest BCUT2D eigenvalue weighted by Gasteiger charge is 2.26. The monoisotopic (exact) mass is 385 g/mol. The number of aryl methyl sites for hydroxylation is 2. The number of ether oxygens (including phenoxy) is 1. The summed E-state index contributed by atoms with van der Waals surface area (Å²) in [5.41, 5.74) is 5.14. The molecule has 1 fully saturated rings. The molecule has 0 bridgehead atoms. The van der Waals surface area contributed by atoms with Crippen molar-refractivity contribution in [3.8, 4) is 0 Å². The van der Waals surface area contributed by atoms with Crippen molar-refractivity contribution in [2.45, 2.75) is 39.2 Å². The quantitative estimate of drug-likeness (QED) is 0.720. The standard InChI is InChI=1S/C22H24ClNO3/c1-15-11-16(2)20(13-17-3-5-18(23)6-4-17)21(12-15)22(26)24-9-7-19(8-10-24)27-14-25/h3-6,11-12,14,19H,7-10,13H2,1-2H3. The summed E-state index contributed by atoms with van der Waals surface area (Å²) in [4.78, 5) is 25.6. The lowest BCUT2D eigenvalue weighted by Gasteiger charge is -2.31. The molecule has 1 saturated heterocycles. The van der Waals surface area contributed by atoms with E-state index in [1.807, 2.05) is 42.2 Å². The normalized spacial score (nSPS) is 14.9. The third-order valence-corrected chi connectivity index (χ3v) is 5.37. The van der Waals surface area contributed by atoms with Crippen molar-refractivity contribution in [1.29, 1.82) is 0 Å². The first-order valence-corrected chi connectivity index (χ1v) is 9.58. The van der Waals surface area contributed by atoms with Crippen molar-refractivity contribution in [1.82, 2.24) is 4.90 Å². The summed E-state index contributed by atoms with van der Waals surface area (Å²) < 4.78 is 5.04. The molecule has 0 spiro atoms. The van der Waals surface area contributed by atoms with Crippen molar-refractivity contribution in [3.05, 3.63) is 69.2 Å². The van der Waals surface area contributed by atoms with E-state index in [2.05, 4.69) is 13.0 Å². The minimum Gasteiger partial charge on any atom is -0.464 e. The summed E-state index contributed by atoms with van der Waals surface area (Å²) in [7, 11) is 0. The van der Waals surface area contributed by atoms with Gasteiger partial charge >= 0.3 is 0 Å². The highest BCUT2D eigenvalue weighted by molar-refractivity contribution is 6.30. The van der Waals surface area contributed by atoms with Crippen molar-refractivity contribution in [2.75, 3.05) is 13.1 Å². The van der Waals surface area contributed by atoms with Crippen LogP contribution >= 0.6 is 11.6 Å². The molecule has 1 heterocycles. The summed E-state index contributed by atoms with van der Waals surface area (Å²) >= 11 is 5.99. The highest BCUT2D eigenvalue weighted by Crippen LogP contribution is 2.25. The number of piperidine rings is 1. The molecule has 0 radical (unpaired) electrons. The van der Waals surface area contributed by atoms with Gasteiger partial charge in [0, 0.05) is 36.5 Å². The summed E-state index contributed by atoms with van der Waals surface area (Å²) in [6, 6.07) is 11.8. The van der Waals surface area contributed by atoms with E-state index in [-0.39, 0.29) is 12.0 Å². The number of amides is 1. The largest absolute Gasteiger partial charge is 0.464 e. The van der Waals surface area contributed by atoms with Gasteiger partial charge in [0.25, 0.3) is 12.4 Å². The molecule has 1 aliphatic rings. The molecule has 1 amide bonds. The second-order valence-corrected chi connectivity index (χ2v) is 7.57. The van der Waals surface area contributed by atoms with Crippen LogP contribution in [-0.2, 0) is 16.0 Å². The third kappa shape index (κ3) is 4.69. The maximum atomic E-state index is 13.2. The first-order valence-electron chi connectivity index (χ1n) is 9.21. The van der Waals surface area contributed by atoms with Gasteiger partial charge in [0.15, 0.2) is 0 Å². The number of halogens is 1. The summed E-state index contributed by atoms with van der Waals surface area (Å²) in [6.45, 7) is 5.77. The SMILES string of the molecule is Cc1cc(C)c(Cc2ccc(Cl)cc2)c(C(=O)N2CCC(OC=O)CC2)c1. The molecule has 4 nitrogen and oxygen atoms in total. The van der Waals surface area contributed by atoms with Crippen molar-refractivity contribution >= 4 is 24.0 Å². The fraction of sp³-hybridized carbons (Fsp3) is 0.364. The second-order valence-electron chi connectivity index (χ2n) is 7.14. The Morgan fingerprint density at radius 2 is 1.85 bits per heavy atom. The van der Waals surface area contributed by atoms with Crippen LogP contribution in [0.1, 0.15) is 45.5 Å². The maximum absolute atomic E-state index is 13.2. The van der Waals surface area contributed by atoms with Gasteiger partial charge in [0.1, 0.15) is 6.10 Å². The third-order valence-electron chi connectivity index (χ3n) is 5.12. The van der Waals surface area contributed by atoms with E-state index >= 15 is 0 Å². The molecule has 3 rings (SSSR count). The molecule has 0 aromatic heterocycles. The number of hydrogen-bond acceptors (Lipinski definition) is 3. The van der Waals surface area contributed by atoms with Gasteiger partial charge < -0.3 is 9.64 Å². The maximum Gasteiger partial charge on any atom is 0.293 e. The lowest BCUT2D eigenvalue weighted by Crippen LogP contribution is -2.41. The average molecular weight is 386 g/mol. The number of likely N-dealkylation sites (tertiary alicyclic amines) is 1. The smallest absolute Gasteiger partial charge is 0.293 e. The highest BCUT2D eigenvalue weighted by atomic mass is 35.5. The van der Waals surface area contributed by atoms with Crippen molar-refractivity contribution in [3.63, 3.8) is 0 Å². The van der Waals surface area contributed by atoms with Gasteiger partial charge in [-0.2, -0.15) is 0 Å². The molecule has 142 valence electrons. The van der Waals surface area contributed by atoms with E-state index in [0.29, 0.717) is 43.8 Å². The van der Waals surface area contributed by atoms with Crippen LogP contribution in [0.3, 0.4) is 0 Å². The van der Waals surface area contributed by atoms with Gasteiger partial charge in [0.05, 0.1) is 0 Å². The Balaban J connectivity index is 1.84. The van der Waals surface area contributed by atoms with Gasteiger partial charge in [-0.05, 0) is 55.2 Å². The molecule has 0 atom stereocenters. The van der Waals surface area contributed by atoms with Crippen molar-refractivity contribution < 1.29 is 14.3 Å². The molecular formula is C22H24ClNO3. The Labute approximate surface area is 165 Å². The zero-order valence-electron chi connectivity index (χ0n) is 15.7. The molecule has 1 aliphatic heterocycles.